The molecule has 2 aromatic rings. The van der Waals surface area contributed by atoms with Crippen LogP contribution in [0, 0.1) is 0 Å². The fourth-order valence-corrected chi connectivity index (χ4v) is 3.55. The Hall–Kier alpha value is -1.49. The van der Waals surface area contributed by atoms with Gasteiger partial charge in [-0.2, -0.15) is 0 Å². The standard InChI is InChI=1S/C14H11IN2/c1-3-7-11(8-4-1)13-15-17-14(16-13)12-9-5-2-6-10-12/h1-10H,(H,16,17). The van der Waals surface area contributed by atoms with Gasteiger partial charge in [0, 0.05) is 11.1 Å². The topological polar surface area (TPSA) is 24.4 Å². The van der Waals surface area contributed by atoms with Crippen molar-refractivity contribution in [3.05, 3.63) is 71.8 Å². The molecule has 0 amide bonds. The SMILES string of the molecule is c1ccc(C2=NI=C(c3ccccc3)N2)cc1. The van der Waals surface area contributed by atoms with Gasteiger partial charge in [-0.3, -0.25) is 0 Å². The lowest BCUT2D eigenvalue weighted by atomic mass is 10.2. The molecule has 0 bridgehead atoms. The molecule has 0 unspecified atom stereocenters. The highest BCUT2D eigenvalue weighted by Gasteiger charge is 2.12. The van der Waals surface area contributed by atoms with E-state index in [2.05, 4.69) is 44.9 Å². The molecular formula is C14H11IN2. The molecule has 0 atom stereocenters. The zero-order valence-corrected chi connectivity index (χ0v) is 11.3. The van der Waals surface area contributed by atoms with E-state index in [1.807, 2.05) is 24.3 Å². The molecule has 0 aliphatic carbocycles. The van der Waals surface area contributed by atoms with Crippen molar-refractivity contribution in [3.8, 4) is 0 Å². The van der Waals surface area contributed by atoms with Crippen LogP contribution in [0.25, 0.3) is 0 Å². The summed E-state index contributed by atoms with van der Waals surface area (Å²) in [6, 6.07) is 20.7. The average Bonchev–Trinajstić information content (AvgIpc) is 2.90. The molecule has 84 valence electrons. The highest BCUT2D eigenvalue weighted by molar-refractivity contribution is 14.2. The summed E-state index contributed by atoms with van der Waals surface area (Å²) in [6.07, 6.45) is 0. The third-order valence-corrected chi connectivity index (χ3v) is 4.61. The first-order valence-corrected chi connectivity index (χ1v) is 7.45. The van der Waals surface area contributed by atoms with Gasteiger partial charge in [0.2, 0.25) is 0 Å². The lowest BCUT2D eigenvalue weighted by molar-refractivity contribution is 1.38. The summed E-state index contributed by atoms with van der Waals surface area (Å²) in [5.41, 5.74) is 2.42. The van der Waals surface area contributed by atoms with Crippen LogP contribution in [0.5, 0.6) is 0 Å². The highest BCUT2D eigenvalue weighted by atomic mass is 127. The number of rotatable bonds is 2. The van der Waals surface area contributed by atoms with Crippen LogP contribution >= 0.6 is 21.0 Å². The highest BCUT2D eigenvalue weighted by Crippen LogP contribution is 2.17. The van der Waals surface area contributed by atoms with Crippen molar-refractivity contribution in [2.45, 2.75) is 0 Å². The van der Waals surface area contributed by atoms with Crippen LogP contribution in [0.2, 0.25) is 0 Å². The van der Waals surface area contributed by atoms with Gasteiger partial charge in [-0.1, -0.05) is 60.7 Å². The lowest BCUT2D eigenvalue weighted by Gasteiger charge is -2.05. The summed E-state index contributed by atoms with van der Waals surface area (Å²) >= 11 is -0.275. The van der Waals surface area contributed by atoms with Gasteiger partial charge in [-0.05, 0) is 0 Å². The molecule has 0 spiro atoms. The van der Waals surface area contributed by atoms with E-state index in [0.717, 1.165) is 11.4 Å². The molecule has 0 aromatic heterocycles. The quantitative estimate of drug-likeness (QED) is 0.839. The van der Waals surface area contributed by atoms with E-state index < -0.39 is 0 Å². The van der Waals surface area contributed by atoms with Crippen molar-refractivity contribution in [3.63, 3.8) is 0 Å². The number of hydrogen-bond acceptors (Lipinski definition) is 2. The Morgan fingerprint density at radius 3 is 2.00 bits per heavy atom. The molecule has 1 aliphatic rings. The van der Waals surface area contributed by atoms with Gasteiger partial charge in [0.1, 0.15) is 5.84 Å². The van der Waals surface area contributed by atoms with Crippen LogP contribution in [0.15, 0.2) is 63.9 Å². The monoisotopic (exact) mass is 334 g/mol. The van der Waals surface area contributed by atoms with E-state index >= 15 is 0 Å². The van der Waals surface area contributed by atoms with Crippen molar-refractivity contribution < 1.29 is 0 Å². The smallest absolute Gasteiger partial charge is 0.143 e. The maximum atomic E-state index is 4.64. The van der Waals surface area contributed by atoms with Crippen LogP contribution in [0.4, 0.5) is 0 Å². The second-order valence-corrected chi connectivity index (χ2v) is 5.73. The summed E-state index contributed by atoms with van der Waals surface area (Å²) in [4.78, 5) is 0. The van der Waals surface area contributed by atoms with Crippen LogP contribution in [0.3, 0.4) is 0 Å². The van der Waals surface area contributed by atoms with Crippen LogP contribution in [-0.2, 0) is 0 Å². The Labute approximate surface area is 111 Å². The van der Waals surface area contributed by atoms with Crippen LogP contribution < -0.4 is 5.32 Å². The maximum absolute atomic E-state index is 4.64. The minimum absolute atomic E-state index is 0.275. The van der Waals surface area contributed by atoms with Gasteiger partial charge >= 0.3 is 0 Å². The molecule has 17 heavy (non-hydrogen) atoms. The van der Waals surface area contributed by atoms with E-state index in [-0.39, 0.29) is 21.0 Å². The van der Waals surface area contributed by atoms with E-state index in [0.29, 0.717) is 0 Å². The summed E-state index contributed by atoms with van der Waals surface area (Å²) < 4.78 is 5.92. The number of halogens is 1. The second kappa shape index (κ2) is 4.79. The van der Waals surface area contributed by atoms with Gasteiger partial charge in [0.05, 0.1) is 24.6 Å². The molecule has 1 aliphatic heterocycles. The predicted octanol–water partition coefficient (Wildman–Crippen LogP) is 3.10. The van der Waals surface area contributed by atoms with Crippen LogP contribution in [-0.4, -0.2) is 9.47 Å². The molecule has 3 heteroatoms. The number of hydrogen-bond donors (Lipinski definition) is 1. The molecule has 2 nitrogen and oxygen atoms in total. The first kappa shape index (κ1) is 10.7. The number of nitrogens with one attached hydrogen (secondary N) is 1. The molecule has 1 heterocycles. The first-order valence-electron chi connectivity index (χ1n) is 5.40. The van der Waals surface area contributed by atoms with Gasteiger partial charge in [0.15, 0.2) is 0 Å². The lowest BCUT2D eigenvalue weighted by Crippen LogP contribution is -2.27. The van der Waals surface area contributed by atoms with E-state index in [1.165, 1.54) is 9.20 Å². The number of amidine groups is 1. The van der Waals surface area contributed by atoms with Crippen LogP contribution in [0.1, 0.15) is 11.1 Å². The fraction of sp³-hybridized carbons (Fsp3) is 0. The first-order chi connectivity index (χ1) is 8.43. The fourth-order valence-electron chi connectivity index (χ4n) is 1.65. The Morgan fingerprint density at radius 2 is 1.35 bits per heavy atom. The summed E-state index contributed by atoms with van der Waals surface area (Å²) in [6.45, 7) is 0. The van der Waals surface area contributed by atoms with Crippen molar-refractivity contribution in [1.29, 1.82) is 0 Å². The van der Waals surface area contributed by atoms with Crippen molar-refractivity contribution >= 4 is 30.5 Å². The second-order valence-electron chi connectivity index (χ2n) is 3.69. The largest absolute Gasteiger partial charge is 0.333 e. The molecule has 1 N–H and O–H groups in total. The minimum atomic E-state index is -0.275. The predicted molar refractivity (Wildman–Crippen MR) is 80.7 cm³/mol. The normalized spacial score (nSPS) is 14.4. The zero-order chi connectivity index (χ0) is 11.5. The van der Waals surface area contributed by atoms with Gasteiger partial charge in [-0.15, -0.1) is 0 Å². The van der Waals surface area contributed by atoms with E-state index in [1.54, 1.807) is 0 Å². The average molecular weight is 334 g/mol. The van der Waals surface area contributed by atoms with Crippen molar-refractivity contribution in [2.75, 3.05) is 0 Å². The van der Waals surface area contributed by atoms with Gasteiger partial charge < -0.3 is 5.32 Å². The Kier molecular flexibility index (Phi) is 3.00. The Bertz CT molecular complexity index is 520. The Balaban J connectivity index is 1.81. The third-order valence-electron chi connectivity index (χ3n) is 2.51. The van der Waals surface area contributed by atoms with E-state index in [4.69, 9.17) is 0 Å². The zero-order valence-electron chi connectivity index (χ0n) is 9.10. The summed E-state index contributed by atoms with van der Waals surface area (Å²) in [5, 5.41) is 3.44. The molecular weight excluding hydrogens is 323 g/mol. The number of benzene rings is 2. The molecule has 0 saturated carbocycles. The Morgan fingerprint density at radius 1 is 0.765 bits per heavy atom. The molecule has 0 radical (unpaired) electrons. The van der Waals surface area contributed by atoms with Crippen molar-refractivity contribution in [2.24, 2.45) is 3.21 Å². The molecule has 3 rings (SSSR count). The van der Waals surface area contributed by atoms with Gasteiger partial charge in [0.25, 0.3) is 0 Å². The molecule has 2 aromatic carbocycles. The van der Waals surface area contributed by atoms with Gasteiger partial charge in [-0.25, -0.2) is 3.21 Å². The molecule has 0 fully saturated rings. The molecule has 0 saturated heterocycles. The maximum Gasteiger partial charge on any atom is 0.143 e. The third kappa shape index (κ3) is 2.29. The van der Waals surface area contributed by atoms with Crippen molar-refractivity contribution in [1.82, 2.24) is 5.32 Å². The summed E-state index contributed by atoms with van der Waals surface area (Å²) in [5.74, 6) is 1.01. The number of nitrogens with zero attached hydrogens (tertiary/aromatic N) is 1. The summed E-state index contributed by atoms with van der Waals surface area (Å²) in [7, 11) is 0. The van der Waals surface area contributed by atoms with E-state index in [9.17, 15) is 0 Å². The minimum Gasteiger partial charge on any atom is -0.333 e.